The van der Waals surface area contributed by atoms with E-state index in [0.29, 0.717) is 18.8 Å². The zero-order valence-corrected chi connectivity index (χ0v) is 19.9. The molecule has 2 heterocycles. The summed E-state index contributed by atoms with van der Waals surface area (Å²) in [6.07, 6.45) is 5.29. The number of nitrogens with zero attached hydrogens (tertiary/aromatic N) is 5. The van der Waals surface area contributed by atoms with Gasteiger partial charge in [0.1, 0.15) is 24.7 Å². The molecule has 1 saturated heterocycles. The van der Waals surface area contributed by atoms with Crippen molar-refractivity contribution in [1.82, 2.24) is 29.9 Å². The number of hydrogen-bond donors (Lipinski definition) is 1. The first-order chi connectivity index (χ1) is 15.5. The summed E-state index contributed by atoms with van der Waals surface area (Å²) < 4.78 is 1.66. The largest absolute Gasteiger partial charge is 0.337 e. The van der Waals surface area contributed by atoms with Crippen LogP contribution >= 0.6 is 0 Å². The van der Waals surface area contributed by atoms with Crippen LogP contribution in [0.3, 0.4) is 0 Å². The molecule has 1 aromatic carbocycles. The summed E-state index contributed by atoms with van der Waals surface area (Å²) in [5.41, 5.74) is 0.850. The van der Waals surface area contributed by atoms with Crippen molar-refractivity contribution in [3.05, 3.63) is 42.5 Å². The van der Waals surface area contributed by atoms with Crippen molar-refractivity contribution < 1.29 is 14.4 Å². The number of aromatic nitrogens is 3. The van der Waals surface area contributed by atoms with Gasteiger partial charge in [-0.15, -0.1) is 0 Å². The van der Waals surface area contributed by atoms with Crippen LogP contribution < -0.4 is 5.32 Å². The van der Waals surface area contributed by atoms with Crippen LogP contribution in [0.5, 0.6) is 0 Å². The van der Waals surface area contributed by atoms with E-state index in [9.17, 15) is 14.4 Å². The lowest BCUT2D eigenvalue weighted by molar-refractivity contribution is -0.141. The number of urea groups is 1. The molecule has 1 aliphatic heterocycles. The van der Waals surface area contributed by atoms with E-state index in [1.165, 1.54) is 6.33 Å². The smallest absolute Gasteiger partial charge is 0.325 e. The summed E-state index contributed by atoms with van der Waals surface area (Å²) in [6, 6.07) is 6.97. The van der Waals surface area contributed by atoms with Gasteiger partial charge in [-0.3, -0.25) is 14.5 Å². The Morgan fingerprint density at radius 2 is 1.94 bits per heavy atom. The molecule has 1 aromatic heterocycles. The second kappa shape index (κ2) is 8.28. The third kappa shape index (κ3) is 4.36. The summed E-state index contributed by atoms with van der Waals surface area (Å²) in [5.74, 6) is -0.248. The summed E-state index contributed by atoms with van der Waals surface area (Å²) in [6.45, 7) is 8.02. The number of benzene rings is 1. The maximum absolute atomic E-state index is 13.3. The number of carbonyl (C=O) groups excluding carboxylic acids is 3. The third-order valence-corrected chi connectivity index (χ3v) is 6.95. The summed E-state index contributed by atoms with van der Waals surface area (Å²) in [5, 5.41) is 7.04. The number of imide groups is 1. The van der Waals surface area contributed by atoms with Gasteiger partial charge in [0.2, 0.25) is 5.91 Å². The highest BCUT2D eigenvalue weighted by Gasteiger charge is 2.56. The van der Waals surface area contributed by atoms with Crippen LogP contribution in [0.4, 0.5) is 4.79 Å². The minimum Gasteiger partial charge on any atom is -0.337 e. The topological polar surface area (TPSA) is 100 Å². The molecule has 1 spiro atoms. The van der Waals surface area contributed by atoms with Crippen LogP contribution in [0.2, 0.25) is 0 Å². The molecule has 2 aromatic rings. The van der Waals surface area contributed by atoms with Gasteiger partial charge in [0.15, 0.2) is 0 Å². The lowest BCUT2D eigenvalue weighted by atomic mass is 9.64. The number of carbonyl (C=O) groups is 3. The SMILES string of the molecule is C[C@@H]1CC(C)(C)C[C@@]2(C1)NC(=O)N(CC(=O)N(C)[C@@H](C)c1ccc(-n3cncn3)cc1)C2=O. The van der Waals surface area contributed by atoms with Gasteiger partial charge in [-0.2, -0.15) is 5.10 Å². The minimum absolute atomic E-state index is 0.0513. The second-order valence-corrected chi connectivity index (χ2v) is 10.4. The van der Waals surface area contributed by atoms with Crippen molar-refractivity contribution in [1.29, 1.82) is 0 Å². The Kier molecular flexibility index (Phi) is 5.76. The van der Waals surface area contributed by atoms with E-state index in [1.807, 2.05) is 31.2 Å². The molecule has 0 radical (unpaired) electrons. The van der Waals surface area contributed by atoms with Crippen LogP contribution in [0.25, 0.3) is 5.69 Å². The molecule has 9 heteroatoms. The monoisotopic (exact) mass is 452 g/mol. The molecule has 4 amide bonds. The minimum atomic E-state index is -0.903. The van der Waals surface area contributed by atoms with E-state index in [0.717, 1.165) is 22.6 Å². The van der Waals surface area contributed by atoms with Crippen LogP contribution in [0.15, 0.2) is 36.9 Å². The van der Waals surface area contributed by atoms with Gasteiger partial charge in [-0.25, -0.2) is 14.5 Å². The Bertz CT molecular complexity index is 1050. The first-order valence-corrected chi connectivity index (χ1v) is 11.4. The Labute approximate surface area is 194 Å². The molecule has 176 valence electrons. The Morgan fingerprint density at radius 3 is 2.55 bits per heavy atom. The van der Waals surface area contributed by atoms with Crippen molar-refractivity contribution >= 4 is 17.8 Å². The number of rotatable bonds is 5. The van der Waals surface area contributed by atoms with Crippen molar-refractivity contribution in [2.24, 2.45) is 11.3 Å². The third-order valence-electron chi connectivity index (χ3n) is 6.95. The number of nitrogens with one attached hydrogen (secondary N) is 1. The van der Waals surface area contributed by atoms with Crippen molar-refractivity contribution in [2.75, 3.05) is 13.6 Å². The van der Waals surface area contributed by atoms with E-state index in [4.69, 9.17) is 0 Å². The van der Waals surface area contributed by atoms with E-state index >= 15 is 0 Å². The van der Waals surface area contributed by atoms with E-state index in [2.05, 4.69) is 36.2 Å². The zero-order chi connectivity index (χ0) is 24.0. The lowest BCUT2D eigenvalue weighted by Gasteiger charge is -2.43. The highest BCUT2D eigenvalue weighted by molar-refractivity contribution is 6.09. The van der Waals surface area contributed by atoms with Gasteiger partial charge < -0.3 is 10.2 Å². The fourth-order valence-electron chi connectivity index (χ4n) is 5.58. The Morgan fingerprint density at radius 1 is 1.24 bits per heavy atom. The van der Waals surface area contributed by atoms with E-state index in [1.54, 1.807) is 23.0 Å². The van der Waals surface area contributed by atoms with Gasteiger partial charge in [-0.05, 0) is 55.2 Å². The molecule has 2 aliphatic rings. The maximum atomic E-state index is 13.3. The van der Waals surface area contributed by atoms with Gasteiger partial charge in [0.25, 0.3) is 5.91 Å². The van der Waals surface area contributed by atoms with Crippen LogP contribution in [-0.4, -0.2) is 61.5 Å². The normalized spacial score (nSPS) is 25.2. The average Bonchev–Trinajstić information content (AvgIpc) is 3.35. The van der Waals surface area contributed by atoms with Gasteiger partial charge >= 0.3 is 6.03 Å². The molecule has 4 rings (SSSR count). The van der Waals surface area contributed by atoms with Crippen LogP contribution in [0, 0.1) is 11.3 Å². The van der Waals surface area contributed by atoms with Crippen LogP contribution in [0.1, 0.15) is 58.6 Å². The van der Waals surface area contributed by atoms with Crippen molar-refractivity contribution in [3.63, 3.8) is 0 Å². The highest BCUT2D eigenvalue weighted by atomic mass is 16.2. The number of hydrogen-bond acceptors (Lipinski definition) is 5. The van der Waals surface area contributed by atoms with Gasteiger partial charge in [0.05, 0.1) is 11.7 Å². The summed E-state index contributed by atoms with van der Waals surface area (Å²) in [4.78, 5) is 45.7. The molecular formula is C24H32N6O3. The molecule has 2 fully saturated rings. The fourth-order valence-corrected chi connectivity index (χ4v) is 5.58. The van der Waals surface area contributed by atoms with Gasteiger partial charge in [0, 0.05) is 7.05 Å². The number of amides is 4. The second-order valence-electron chi connectivity index (χ2n) is 10.4. The summed E-state index contributed by atoms with van der Waals surface area (Å²) >= 11 is 0. The maximum Gasteiger partial charge on any atom is 0.325 e. The zero-order valence-electron chi connectivity index (χ0n) is 19.9. The van der Waals surface area contributed by atoms with E-state index in [-0.39, 0.29) is 29.8 Å². The molecule has 0 bridgehead atoms. The van der Waals surface area contributed by atoms with Gasteiger partial charge in [-0.1, -0.05) is 32.9 Å². The first-order valence-electron chi connectivity index (χ1n) is 11.4. The predicted octanol–water partition coefficient (Wildman–Crippen LogP) is 2.92. The lowest BCUT2D eigenvalue weighted by Crippen LogP contribution is -2.54. The molecule has 0 unspecified atom stereocenters. The molecule has 1 N–H and O–H groups in total. The fraction of sp³-hybridized carbons (Fsp3) is 0.542. The highest BCUT2D eigenvalue weighted by Crippen LogP contribution is 2.46. The quantitative estimate of drug-likeness (QED) is 0.703. The predicted molar refractivity (Wildman–Crippen MR) is 122 cm³/mol. The standard InChI is InChI=1S/C24H32N6O3/c1-16-10-23(3,4)13-24(11-16)21(32)29(22(33)27-24)12-20(31)28(5)17(2)18-6-8-19(9-7-18)30-15-25-14-26-30/h6-9,14-17H,10-13H2,1-5H3,(H,27,33)/t16-,17+,24-/m1/s1. The summed E-state index contributed by atoms with van der Waals surface area (Å²) in [7, 11) is 1.69. The van der Waals surface area contributed by atoms with Crippen molar-refractivity contribution in [2.45, 2.75) is 58.5 Å². The molecule has 1 aliphatic carbocycles. The Balaban J connectivity index is 1.44. The van der Waals surface area contributed by atoms with Crippen LogP contribution in [-0.2, 0) is 9.59 Å². The molecule has 3 atom stereocenters. The number of likely N-dealkylation sites (N-methyl/N-ethyl adjacent to an activating group) is 1. The molecule has 9 nitrogen and oxygen atoms in total. The first kappa shape index (κ1) is 22.9. The van der Waals surface area contributed by atoms with Crippen molar-refractivity contribution in [3.8, 4) is 5.69 Å². The molecule has 1 saturated carbocycles. The van der Waals surface area contributed by atoms with E-state index < -0.39 is 11.6 Å². The molecule has 33 heavy (non-hydrogen) atoms. The molecular weight excluding hydrogens is 420 g/mol. The average molecular weight is 453 g/mol. The Hall–Kier alpha value is -3.23.